The summed E-state index contributed by atoms with van der Waals surface area (Å²) in [6.45, 7) is 5.50. The molecule has 2 aromatic rings. The smallest absolute Gasteiger partial charge is 0.335 e. The summed E-state index contributed by atoms with van der Waals surface area (Å²) < 4.78 is 5.59. The van der Waals surface area contributed by atoms with Crippen LogP contribution >= 0.6 is 0 Å². The highest BCUT2D eigenvalue weighted by atomic mass is 16.5. The van der Waals surface area contributed by atoms with E-state index in [1.807, 2.05) is 32.0 Å². The second kappa shape index (κ2) is 6.96. The second-order valence-electron chi connectivity index (χ2n) is 5.39. The third kappa shape index (κ3) is 4.10. The summed E-state index contributed by atoms with van der Waals surface area (Å²) in [5.74, 6) is -0.677. The number of hydrogen-bond acceptors (Lipinski definition) is 3. The SMILES string of the molecule is Cc1ccc(C(=O)O)cc1NC(=O)COc1c(C)cccc1C. The predicted octanol–water partition coefficient (Wildman–Crippen LogP) is 3.33. The Morgan fingerprint density at radius 3 is 2.30 bits per heavy atom. The fraction of sp³-hybridized carbons (Fsp3) is 0.222. The lowest BCUT2D eigenvalue weighted by molar-refractivity contribution is -0.118. The van der Waals surface area contributed by atoms with Gasteiger partial charge in [-0.25, -0.2) is 4.79 Å². The van der Waals surface area contributed by atoms with Crippen molar-refractivity contribution in [1.29, 1.82) is 0 Å². The number of carboxylic acid groups (broad SMARTS) is 1. The molecule has 5 heteroatoms. The number of hydrogen-bond donors (Lipinski definition) is 2. The molecule has 0 atom stereocenters. The molecular weight excluding hydrogens is 294 g/mol. The van der Waals surface area contributed by atoms with Crippen molar-refractivity contribution in [2.75, 3.05) is 11.9 Å². The second-order valence-corrected chi connectivity index (χ2v) is 5.39. The number of para-hydroxylation sites is 1. The van der Waals surface area contributed by atoms with Crippen LogP contribution in [0.1, 0.15) is 27.0 Å². The van der Waals surface area contributed by atoms with Crippen LogP contribution in [0.15, 0.2) is 36.4 Å². The summed E-state index contributed by atoms with van der Waals surface area (Å²) in [4.78, 5) is 23.1. The first-order chi connectivity index (χ1) is 10.9. The lowest BCUT2D eigenvalue weighted by atomic mass is 10.1. The number of nitrogens with one attached hydrogen (secondary N) is 1. The van der Waals surface area contributed by atoms with Crippen LogP contribution in [0.3, 0.4) is 0 Å². The Morgan fingerprint density at radius 1 is 1.04 bits per heavy atom. The van der Waals surface area contributed by atoms with Gasteiger partial charge < -0.3 is 15.2 Å². The van der Waals surface area contributed by atoms with Crippen molar-refractivity contribution >= 4 is 17.6 Å². The molecule has 120 valence electrons. The van der Waals surface area contributed by atoms with Crippen LogP contribution in [0.4, 0.5) is 5.69 Å². The Labute approximate surface area is 134 Å². The van der Waals surface area contributed by atoms with E-state index in [9.17, 15) is 9.59 Å². The lowest BCUT2D eigenvalue weighted by Crippen LogP contribution is -2.21. The first kappa shape index (κ1) is 16.5. The number of ether oxygens (including phenoxy) is 1. The highest BCUT2D eigenvalue weighted by Crippen LogP contribution is 2.22. The summed E-state index contributed by atoms with van der Waals surface area (Å²) in [7, 11) is 0. The fourth-order valence-corrected chi connectivity index (χ4v) is 2.24. The highest BCUT2D eigenvalue weighted by Gasteiger charge is 2.11. The monoisotopic (exact) mass is 313 g/mol. The Hall–Kier alpha value is -2.82. The van der Waals surface area contributed by atoms with Gasteiger partial charge in [-0.2, -0.15) is 0 Å². The zero-order chi connectivity index (χ0) is 17.0. The van der Waals surface area contributed by atoms with Crippen molar-refractivity contribution in [2.45, 2.75) is 20.8 Å². The molecule has 2 N–H and O–H groups in total. The largest absolute Gasteiger partial charge is 0.483 e. The van der Waals surface area contributed by atoms with Gasteiger partial charge in [0, 0.05) is 5.69 Å². The number of aryl methyl sites for hydroxylation is 3. The highest BCUT2D eigenvalue weighted by molar-refractivity contribution is 5.95. The van der Waals surface area contributed by atoms with Gasteiger partial charge in [-0.3, -0.25) is 4.79 Å². The van der Waals surface area contributed by atoms with E-state index in [2.05, 4.69) is 5.32 Å². The summed E-state index contributed by atoms with van der Waals surface area (Å²) in [6, 6.07) is 10.4. The molecule has 0 saturated carbocycles. The fourth-order valence-electron chi connectivity index (χ4n) is 2.24. The summed E-state index contributed by atoms with van der Waals surface area (Å²) in [5.41, 5.74) is 3.31. The van der Waals surface area contributed by atoms with E-state index >= 15 is 0 Å². The minimum atomic E-state index is -1.03. The van der Waals surface area contributed by atoms with E-state index in [4.69, 9.17) is 9.84 Å². The van der Waals surface area contributed by atoms with Crippen LogP contribution < -0.4 is 10.1 Å². The molecule has 0 saturated heterocycles. The number of carbonyl (C=O) groups is 2. The van der Waals surface area contributed by atoms with Gasteiger partial charge in [-0.1, -0.05) is 24.3 Å². The van der Waals surface area contributed by atoms with Crippen molar-refractivity contribution in [3.8, 4) is 5.75 Å². The molecule has 2 aromatic carbocycles. The molecule has 5 nitrogen and oxygen atoms in total. The minimum Gasteiger partial charge on any atom is -0.483 e. The first-order valence-electron chi connectivity index (χ1n) is 7.21. The zero-order valence-corrected chi connectivity index (χ0v) is 13.3. The molecule has 0 bridgehead atoms. The van der Waals surface area contributed by atoms with Crippen LogP contribution in [-0.2, 0) is 4.79 Å². The van der Waals surface area contributed by atoms with Crippen molar-refractivity contribution in [2.24, 2.45) is 0 Å². The third-order valence-electron chi connectivity index (χ3n) is 3.51. The number of aromatic carboxylic acids is 1. The van der Waals surface area contributed by atoms with E-state index in [1.165, 1.54) is 12.1 Å². The zero-order valence-electron chi connectivity index (χ0n) is 13.3. The van der Waals surface area contributed by atoms with Gasteiger partial charge in [0.05, 0.1) is 5.56 Å². The van der Waals surface area contributed by atoms with Gasteiger partial charge in [-0.05, 0) is 49.6 Å². The summed E-state index contributed by atoms with van der Waals surface area (Å²) in [5, 5.41) is 11.7. The molecular formula is C18H19NO4. The van der Waals surface area contributed by atoms with Crippen molar-refractivity contribution < 1.29 is 19.4 Å². The van der Waals surface area contributed by atoms with Crippen LogP contribution in [0.5, 0.6) is 5.75 Å². The van der Waals surface area contributed by atoms with Gasteiger partial charge in [0.1, 0.15) is 5.75 Å². The van der Waals surface area contributed by atoms with Gasteiger partial charge in [-0.15, -0.1) is 0 Å². The van der Waals surface area contributed by atoms with Crippen molar-refractivity contribution in [1.82, 2.24) is 0 Å². The van der Waals surface area contributed by atoms with Crippen LogP contribution in [-0.4, -0.2) is 23.6 Å². The molecule has 1 amide bonds. The van der Waals surface area contributed by atoms with Crippen LogP contribution in [0, 0.1) is 20.8 Å². The maximum absolute atomic E-state index is 12.1. The molecule has 0 unspecified atom stereocenters. The first-order valence-corrected chi connectivity index (χ1v) is 7.21. The predicted molar refractivity (Wildman–Crippen MR) is 88.2 cm³/mol. The Bertz CT molecular complexity index is 732. The minimum absolute atomic E-state index is 0.126. The number of amides is 1. The lowest BCUT2D eigenvalue weighted by Gasteiger charge is -2.13. The quantitative estimate of drug-likeness (QED) is 0.888. The van der Waals surface area contributed by atoms with Crippen LogP contribution in [0.25, 0.3) is 0 Å². The molecule has 0 fully saturated rings. The average Bonchev–Trinajstić information content (AvgIpc) is 2.48. The number of carboxylic acids is 1. The van der Waals surface area contributed by atoms with E-state index in [0.717, 1.165) is 16.7 Å². The standard InChI is InChI=1S/C18H19NO4/c1-11-7-8-14(18(21)22)9-15(11)19-16(20)10-23-17-12(2)5-4-6-13(17)3/h4-9H,10H2,1-3H3,(H,19,20)(H,21,22). The van der Waals surface area contributed by atoms with Crippen molar-refractivity contribution in [3.63, 3.8) is 0 Å². The third-order valence-corrected chi connectivity index (χ3v) is 3.51. The topological polar surface area (TPSA) is 75.6 Å². The molecule has 0 aromatic heterocycles. The van der Waals surface area contributed by atoms with Crippen molar-refractivity contribution in [3.05, 3.63) is 58.7 Å². The summed E-state index contributed by atoms with van der Waals surface area (Å²) >= 11 is 0. The molecule has 0 heterocycles. The van der Waals surface area contributed by atoms with E-state index in [0.29, 0.717) is 11.4 Å². The Balaban J connectivity index is 2.06. The summed E-state index contributed by atoms with van der Waals surface area (Å²) in [6.07, 6.45) is 0. The molecule has 0 radical (unpaired) electrons. The van der Waals surface area contributed by atoms with E-state index < -0.39 is 5.97 Å². The maximum Gasteiger partial charge on any atom is 0.335 e. The maximum atomic E-state index is 12.1. The molecule has 0 aliphatic heterocycles. The Kier molecular flexibility index (Phi) is 5.01. The number of anilines is 1. The average molecular weight is 313 g/mol. The normalized spacial score (nSPS) is 10.2. The van der Waals surface area contributed by atoms with Gasteiger partial charge in [0.2, 0.25) is 0 Å². The number of benzene rings is 2. The van der Waals surface area contributed by atoms with Gasteiger partial charge in [0.25, 0.3) is 5.91 Å². The molecule has 0 aliphatic carbocycles. The van der Waals surface area contributed by atoms with Gasteiger partial charge in [0.15, 0.2) is 6.61 Å². The molecule has 0 aliphatic rings. The number of carbonyl (C=O) groups excluding carboxylic acids is 1. The molecule has 23 heavy (non-hydrogen) atoms. The molecule has 2 rings (SSSR count). The van der Waals surface area contributed by atoms with E-state index in [1.54, 1.807) is 13.0 Å². The van der Waals surface area contributed by atoms with E-state index in [-0.39, 0.29) is 18.1 Å². The molecule has 0 spiro atoms. The Morgan fingerprint density at radius 2 is 1.70 bits per heavy atom. The van der Waals surface area contributed by atoms with Crippen LogP contribution in [0.2, 0.25) is 0 Å². The van der Waals surface area contributed by atoms with Gasteiger partial charge >= 0.3 is 5.97 Å². The number of rotatable bonds is 5.